The Hall–Kier alpha value is -5.27. The molecule has 1 N–H and O–H groups in total. The average molecular weight is 680 g/mol. The molecule has 2 aromatic heterocycles. The molecule has 2 aliphatic heterocycles. The summed E-state index contributed by atoms with van der Waals surface area (Å²) in [7, 11) is 1.79. The van der Waals surface area contributed by atoms with Gasteiger partial charge in [0.15, 0.2) is 5.82 Å². The molecule has 1 amide bonds. The Morgan fingerprint density at radius 1 is 1.02 bits per heavy atom. The van der Waals surface area contributed by atoms with E-state index in [1.54, 1.807) is 54.3 Å². The summed E-state index contributed by atoms with van der Waals surface area (Å²) < 4.78 is 45.5. The zero-order chi connectivity index (χ0) is 35.4. The first kappa shape index (κ1) is 33.2. The number of hydrogen-bond acceptors (Lipinski definition) is 8. The van der Waals surface area contributed by atoms with E-state index in [0.717, 1.165) is 32.4 Å². The predicted octanol–water partition coefficient (Wildman–Crippen LogP) is 6.93. The average Bonchev–Trinajstić information content (AvgIpc) is 3.33. The summed E-state index contributed by atoms with van der Waals surface area (Å²) in [6.07, 6.45) is 0.766. The number of fused-ring (bicyclic) bond motifs is 1. The number of aryl methyl sites for hydroxylation is 1. The van der Waals surface area contributed by atoms with Crippen molar-refractivity contribution in [3.05, 3.63) is 76.6 Å². The van der Waals surface area contributed by atoms with Crippen LogP contribution in [-0.2, 0) is 26.3 Å². The summed E-state index contributed by atoms with van der Waals surface area (Å²) in [4.78, 5) is 22.3. The Kier molecular flexibility index (Phi) is 8.14. The van der Waals surface area contributed by atoms with E-state index in [9.17, 15) is 28.5 Å². The van der Waals surface area contributed by atoms with Crippen molar-refractivity contribution in [1.29, 1.82) is 10.5 Å². The van der Waals surface area contributed by atoms with Gasteiger partial charge in [-0.1, -0.05) is 0 Å². The van der Waals surface area contributed by atoms with E-state index in [1.807, 2.05) is 13.8 Å². The van der Waals surface area contributed by atoms with Crippen molar-refractivity contribution in [2.45, 2.75) is 58.8 Å². The van der Waals surface area contributed by atoms with E-state index in [-0.39, 0.29) is 23.5 Å². The molecule has 4 aromatic rings. The third kappa shape index (κ3) is 6.41. The molecule has 0 atom stereocenters. The van der Waals surface area contributed by atoms with Gasteiger partial charge in [-0.05, 0) is 116 Å². The maximum atomic E-state index is 14.6. The van der Waals surface area contributed by atoms with Gasteiger partial charge in [0, 0.05) is 37.8 Å². The number of nitrogens with zero attached hydrogens (tertiary/aromatic N) is 8. The molecule has 3 aliphatic rings. The number of likely N-dealkylation sites (tertiary alicyclic amines) is 1. The van der Waals surface area contributed by atoms with Gasteiger partial charge in [0.25, 0.3) is 5.91 Å². The fourth-order valence-electron chi connectivity index (χ4n) is 7.04. The van der Waals surface area contributed by atoms with Gasteiger partial charge in [0.1, 0.15) is 18.0 Å². The van der Waals surface area contributed by atoms with Crippen LogP contribution >= 0.6 is 0 Å². The maximum Gasteiger partial charge on any atom is 0.416 e. The molecule has 7 rings (SSSR count). The van der Waals surface area contributed by atoms with Crippen LogP contribution in [0.5, 0.6) is 0 Å². The molecule has 0 bridgehead atoms. The summed E-state index contributed by atoms with van der Waals surface area (Å²) in [6.45, 7) is 5.77. The van der Waals surface area contributed by atoms with Crippen molar-refractivity contribution >= 4 is 17.5 Å². The minimum absolute atomic E-state index is 0.0268. The molecule has 2 aromatic carbocycles. The lowest BCUT2D eigenvalue weighted by molar-refractivity contribution is -0.138. The summed E-state index contributed by atoms with van der Waals surface area (Å²) in [5, 5.41) is 30.8. The summed E-state index contributed by atoms with van der Waals surface area (Å²) >= 11 is 0. The third-order valence-corrected chi connectivity index (χ3v) is 10.1. The number of aromatic nitrogens is 4. The molecule has 13 heteroatoms. The minimum atomic E-state index is -4.66. The van der Waals surface area contributed by atoms with Crippen molar-refractivity contribution in [2.75, 3.05) is 29.9 Å². The zero-order valence-corrected chi connectivity index (χ0v) is 28.1. The topological polar surface area (TPSA) is 127 Å². The molecule has 256 valence electrons. The number of carbonyl (C=O) groups excluding carboxylic acids is 1. The fourth-order valence-corrected chi connectivity index (χ4v) is 7.04. The molecule has 1 saturated carbocycles. The number of amides is 1. The number of hydrogen-bond donors (Lipinski definition) is 1. The standard InChI is InChI=1S/C37H36F3N9O/c1-35(2,20-42)8-10-43-31-15-25(27-12-23(17-41)4-5-26(27)33-46-44-22-47(33)3)16-32(45-31)49-19-29-28(34(49)50)13-24(14-30(29)37(38,39)40)18-48-11-9-36(21-48)6-7-36/h4-5,12-16,22H,6-11,18-19,21H2,1-3H3,(H,43,45). The predicted molar refractivity (Wildman–Crippen MR) is 180 cm³/mol. The number of rotatable bonds is 9. The van der Waals surface area contributed by atoms with Crippen LogP contribution in [0.25, 0.3) is 22.5 Å². The van der Waals surface area contributed by atoms with Crippen molar-refractivity contribution in [2.24, 2.45) is 17.9 Å². The third-order valence-electron chi connectivity index (χ3n) is 10.1. The molecular weight excluding hydrogens is 643 g/mol. The second-order valence-electron chi connectivity index (χ2n) is 14.4. The van der Waals surface area contributed by atoms with Gasteiger partial charge in [-0.25, -0.2) is 4.98 Å². The molecule has 0 radical (unpaired) electrons. The van der Waals surface area contributed by atoms with Crippen molar-refractivity contribution < 1.29 is 18.0 Å². The van der Waals surface area contributed by atoms with Gasteiger partial charge in [0.2, 0.25) is 0 Å². The molecular formula is C37H36F3N9O. The van der Waals surface area contributed by atoms with Crippen LogP contribution in [0, 0.1) is 33.5 Å². The maximum absolute atomic E-state index is 14.6. The monoisotopic (exact) mass is 679 g/mol. The van der Waals surface area contributed by atoms with Gasteiger partial charge < -0.3 is 9.88 Å². The van der Waals surface area contributed by atoms with Crippen molar-refractivity contribution in [3.63, 3.8) is 0 Å². The highest BCUT2D eigenvalue weighted by Gasteiger charge is 2.48. The molecule has 50 heavy (non-hydrogen) atoms. The number of pyridine rings is 1. The summed E-state index contributed by atoms with van der Waals surface area (Å²) in [6, 6.07) is 15.8. The van der Waals surface area contributed by atoms with Crippen LogP contribution in [0.4, 0.5) is 24.8 Å². The molecule has 1 aliphatic carbocycles. The quantitative estimate of drug-likeness (QED) is 0.202. The number of anilines is 2. The van der Waals surface area contributed by atoms with Crippen LogP contribution in [-0.4, -0.2) is 50.2 Å². The Labute approximate surface area is 288 Å². The number of benzene rings is 2. The first-order valence-electron chi connectivity index (χ1n) is 16.6. The van der Waals surface area contributed by atoms with E-state index in [1.165, 1.54) is 11.0 Å². The summed E-state index contributed by atoms with van der Waals surface area (Å²) in [5.41, 5.74) is 1.53. The van der Waals surface area contributed by atoms with Gasteiger partial charge >= 0.3 is 6.18 Å². The summed E-state index contributed by atoms with van der Waals surface area (Å²) in [5.74, 6) is 0.488. The molecule has 1 spiro atoms. The largest absolute Gasteiger partial charge is 0.416 e. The van der Waals surface area contributed by atoms with Crippen LogP contribution < -0.4 is 10.2 Å². The van der Waals surface area contributed by atoms with Crippen LogP contribution in [0.2, 0.25) is 0 Å². The fraction of sp³-hybridized carbons (Fsp3) is 0.405. The van der Waals surface area contributed by atoms with E-state index in [0.29, 0.717) is 64.4 Å². The van der Waals surface area contributed by atoms with Crippen LogP contribution in [0.1, 0.15) is 72.1 Å². The lowest BCUT2D eigenvalue weighted by Gasteiger charge is -2.20. The SMILES string of the molecule is Cn1cnnc1-c1ccc(C#N)cc1-c1cc(NCCC(C)(C)C#N)nc(N2Cc3c(cc(CN4CCC5(CC5)C4)cc3C(F)(F)F)C2=O)c1. The van der Waals surface area contributed by atoms with Crippen molar-refractivity contribution in [3.8, 4) is 34.7 Å². The zero-order valence-electron chi connectivity index (χ0n) is 28.1. The van der Waals surface area contributed by atoms with Crippen LogP contribution in [0.15, 0.2) is 48.8 Å². The first-order chi connectivity index (χ1) is 23.8. The molecule has 2 fully saturated rings. The second-order valence-corrected chi connectivity index (χ2v) is 14.4. The highest BCUT2D eigenvalue weighted by Crippen LogP contribution is 2.53. The molecule has 1 saturated heterocycles. The van der Waals surface area contributed by atoms with Gasteiger partial charge in [-0.15, -0.1) is 10.2 Å². The second kappa shape index (κ2) is 12.3. The van der Waals surface area contributed by atoms with E-state index in [4.69, 9.17) is 4.98 Å². The number of halogens is 3. The molecule has 0 unspecified atom stereocenters. The normalized spacial score (nSPS) is 16.8. The smallest absolute Gasteiger partial charge is 0.370 e. The van der Waals surface area contributed by atoms with Gasteiger partial charge in [-0.3, -0.25) is 14.6 Å². The lowest BCUT2D eigenvalue weighted by atomic mass is 9.91. The minimum Gasteiger partial charge on any atom is -0.370 e. The number of nitrogens with one attached hydrogen (secondary N) is 1. The highest BCUT2D eigenvalue weighted by molar-refractivity contribution is 6.10. The lowest BCUT2D eigenvalue weighted by Crippen LogP contribution is -2.25. The molecule has 10 nitrogen and oxygen atoms in total. The van der Waals surface area contributed by atoms with Gasteiger partial charge in [-0.2, -0.15) is 23.7 Å². The Balaban J connectivity index is 1.29. The Morgan fingerprint density at radius 3 is 2.48 bits per heavy atom. The van der Waals surface area contributed by atoms with E-state index in [2.05, 4.69) is 32.6 Å². The number of alkyl halides is 3. The van der Waals surface area contributed by atoms with Crippen molar-refractivity contribution in [1.82, 2.24) is 24.6 Å². The number of carbonyl (C=O) groups is 1. The number of nitriles is 2. The van der Waals surface area contributed by atoms with E-state index < -0.39 is 23.1 Å². The Bertz CT molecular complexity index is 2080. The van der Waals surface area contributed by atoms with Crippen LogP contribution in [0.3, 0.4) is 0 Å². The first-order valence-corrected chi connectivity index (χ1v) is 16.6. The molecule has 4 heterocycles. The highest BCUT2D eigenvalue weighted by atomic mass is 19.4. The van der Waals surface area contributed by atoms with E-state index >= 15 is 0 Å². The Morgan fingerprint density at radius 2 is 1.82 bits per heavy atom. The van der Waals surface area contributed by atoms with Gasteiger partial charge in [0.05, 0.1) is 35.2 Å².